The van der Waals surface area contributed by atoms with E-state index in [1.807, 2.05) is 0 Å². The fourth-order valence-corrected chi connectivity index (χ4v) is 5.85. The van der Waals surface area contributed by atoms with Gasteiger partial charge in [-0.25, -0.2) is 13.2 Å². The van der Waals surface area contributed by atoms with Crippen LogP contribution in [0.5, 0.6) is 0 Å². The summed E-state index contributed by atoms with van der Waals surface area (Å²) >= 11 is 6.58. The van der Waals surface area contributed by atoms with E-state index in [4.69, 9.17) is 21.4 Å². The van der Waals surface area contributed by atoms with E-state index in [1.54, 1.807) is 36.1 Å². The molecular weight excluding hydrogens is 534 g/mol. The molecule has 0 aliphatic carbocycles. The van der Waals surface area contributed by atoms with Gasteiger partial charge in [-0.1, -0.05) is 23.7 Å². The standard InChI is InChI=1S/C27H28ClNO8S/c1-16-13-20(17-5-3-6-18(14-17)38(2,35)36)21(28)15-19(16)24-25(33)27(37-26(24)34)9-11-29(12-10-27)22(30)7-4-8-23(31)32/h3,5-6,13-15,33H,4,7-12H2,1-2H3,(H,31,32). The lowest BCUT2D eigenvalue weighted by Gasteiger charge is -2.38. The second-order valence-electron chi connectivity index (χ2n) is 9.68. The number of esters is 1. The molecule has 9 nitrogen and oxygen atoms in total. The highest BCUT2D eigenvalue weighted by atomic mass is 35.5. The zero-order valence-electron chi connectivity index (χ0n) is 21.0. The molecule has 0 atom stereocenters. The maximum absolute atomic E-state index is 13.0. The second-order valence-corrected chi connectivity index (χ2v) is 12.1. The largest absolute Gasteiger partial charge is 0.507 e. The van der Waals surface area contributed by atoms with Crippen molar-refractivity contribution in [3.63, 3.8) is 0 Å². The van der Waals surface area contributed by atoms with Gasteiger partial charge < -0.3 is 19.8 Å². The molecular formula is C27H28ClNO8S. The van der Waals surface area contributed by atoms with Crippen LogP contribution in [0.1, 0.15) is 43.2 Å². The van der Waals surface area contributed by atoms with E-state index in [2.05, 4.69) is 0 Å². The average molecular weight is 562 g/mol. The number of amides is 1. The molecule has 2 aliphatic rings. The van der Waals surface area contributed by atoms with Gasteiger partial charge in [0.1, 0.15) is 5.57 Å². The number of aliphatic carboxylic acids is 1. The van der Waals surface area contributed by atoms with E-state index < -0.39 is 27.4 Å². The molecule has 202 valence electrons. The Labute approximate surface area is 225 Å². The van der Waals surface area contributed by atoms with Crippen molar-refractivity contribution in [3.8, 4) is 11.1 Å². The summed E-state index contributed by atoms with van der Waals surface area (Å²) in [5, 5.41) is 20.2. The smallest absolute Gasteiger partial charge is 0.343 e. The van der Waals surface area contributed by atoms with Gasteiger partial charge in [-0.05, 0) is 54.3 Å². The number of rotatable bonds is 7. The number of hydrogen-bond donors (Lipinski definition) is 2. The molecule has 38 heavy (non-hydrogen) atoms. The van der Waals surface area contributed by atoms with Crippen LogP contribution in [0.2, 0.25) is 5.02 Å². The van der Waals surface area contributed by atoms with Crippen molar-refractivity contribution in [1.29, 1.82) is 0 Å². The molecule has 11 heteroatoms. The summed E-state index contributed by atoms with van der Waals surface area (Å²) in [6.45, 7) is 2.27. The number of carbonyl (C=O) groups excluding carboxylic acids is 2. The van der Waals surface area contributed by atoms with Gasteiger partial charge in [-0.15, -0.1) is 0 Å². The van der Waals surface area contributed by atoms with Crippen LogP contribution in [0.15, 0.2) is 47.1 Å². The van der Waals surface area contributed by atoms with Gasteiger partial charge in [0.2, 0.25) is 5.91 Å². The van der Waals surface area contributed by atoms with Gasteiger partial charge in [0.25, 0.3) is 0 Å². The van der Waals surface area contributed by atoms with Crippen LogP contribution in [-0.4, -0.2) is 66.3 Å². The summed E-state index contributed by atoms with van der Waals surface area (Å²) in [4.78, 5) is 37.8. The Balaban J connectivity index is 1.58. The zero-order chi connectivity index (χ0) is 27.8. The Morgan fingerprint density at radius 1 is 1.11 bits per heavy atom. The van der Waals surface area contributed by atoms with E-state index >= 15 is 0 Å². The second kappa shape index (κ2) is 10.4. The van der Waals surface area contributed by atoms with Crippen LogP contribution in [0.4, 0.5) is 0 Å². The molecule has 0 radical (unpaired) electrons. The summed E-state index contributed by atoms with van der Waals surface area (Å²) < 4.78 is 29.7. The summed E-state index contributed by atoms with van der Waals surface area (Å²) in [6, 6.07) is 9.69. The first-order valence-electron chi connectivity index (χ1n) is 12.1. The number of halogens is 1. The van der Waals surface area contributed by atoms with Crippen molar-refractivity contribution >= 4 is 44.9 Å². The number of benzene rings is 2. The minimum Gasteiger partial charge on any atom is -0.507 e. The van der Waals surface area contributed by atoms with Gasteiger partial charge >= 0.3 is 11.9 Å². The molecule has 0 unspecified atom stereocenters. The molecule has 2 N–H and O–H groups in total. The highest BCUT2D eigenvalue weighted by molar-refractivity contribution is 7.90. The van der Waals surface area contributed by atoms with Crippen LogP contribution in [-0.2, 0) is 29.0 Å². The van der Waals surface area contributed by atoms with Crippen molar-refractivity contribution in [3.05, 3.63) is 58.3 Å². The fraction of sp³-hybridized carbons (Fsp3) is 0.370. The third kappa shape index (κ3) is 5.42. The van der Waals surface area contributed by atoms with Crippen LogP contribution in [0.3, 0.4) is 0 Å². The minimum atomic E-state index is -3.42. The molecule has 0 aromatic heterocycles. The lowest BCUT2D eigenvalue weighted by Crippen LogP contribution is -2.48. The maximum Gasteiger partial charge on any atom is 0.343 e. The molecule has 2 aliphatic heterocycles. The third-order valence-corrected chi connectivity index (χ3v) is 8.45. The molecule has 1 spiro atoms. The topological polar surface area (TPSA) is 138 Å². The number of piperidine rings is 1. The van der Waals surface area contributed by atoms with Gasteiger partial charge in [-0.3, -0.25) is 9.59 Å². The van der Waals surface area contributed by atoms with Crippen LogP contribution < -0.4 is 0 Å². The van der Waals surface area contributed by atoms with E-state index in [0.29, 0.717) is 22.3 Å². The zero-order valence-corrected chi connectivity index (χ0v) is 22.6. The van der Waals surface area contributed by atoms with Gasteiger partial charge in [0, 0.05) is 55.6 Å². The highest BCUT2D eigenvalue weighted by Crippen LogP contribution is 2.45. The van der Waals surface area contributed by atoms with Crippen molar-refractivity contribution in [2.24, 2.45) is 0 Å². The maximum atomic E-state index is 13.0. The number of hydrogen-bond acceptors (Lipinski definition) is 7. The molecule has 2 heterocycles. The Hall–Kier alpha value is -3.37. The molecule has 1 amide bonds. The summed E-state index contributed by atoms with van der Waals surface area (Å²) in [5.74, 6) is -2.02. The summed E-state index contributed by atoms with van der Waals surface area (Å²) in [5.41, 5.74) is 0.986. The number of carboxylic acids is 1. The third-order valence-electron chi connectivity index (χ3n) is 7.02. The molecule has 2 aromatic carbocycles. The molecule has 0 bridgehead atoms. The predicted octanol–water partition coefficient (Wildman–Crippen LogP) is 4.16. The van der Waals surface area contributed by atoms with Gasteiger partial charge in [-0.2, -0.15) is 0 Å². The highest BCUT2D eigenvalue weighted by Gasteiger charge is 2.51. The van der Waals surface area contributed by atoms with Crippen molar-refractivity contribution < 1.29 is 37.8 Å². The first-order chi connectivity index (χ1) is 17.8. The first kappa shape index (κ1) is 27.7. The van der Waals surface area contributed by atoms with Crippen LogP contribution in [0, 0.1) is 6.92 Å². The number of aliphatic hydroxyl groups is 1. The number of sulfone groups is 1. The molecule has 2 aromatic rings. The summed E-state index contributed by atoms with van der Waals surface area (Å²) in [6.07, 6.45) is 1.82. The van der Waals surface area contributed by atoms with Gasteiger partial charge in [0.05, 0.1) is 4.90 Å². The van der Waals surface area contributed by atoms with Crippen LogP contribution >= 0.6 is 11.6 Å². The van der Waals surface area contributed by atoms with Crippen molar-refractivity contribution in [1.82, 2.24) is 4.90 Å². The average Bonchev–Trinajstić information content (AvgIpc) is 3.08. The molecule has 4 rings (SSSR count). The van der Waals surface area contributed by atoms with E-state index in [-0.39, 0.29) is 72.4 Å². The number of likely N-dealkylation sites (tertiary alicyclic amines) is 1. The lowest BCUT2D eigenvalue weighted by molar-refractivity contribution is -0.152. The number of ether oxygens (including phenoxy) is 1. The number of aryl methyl sites for hydroxylation is 1. The van der Waals surface area contributed by atoms with Crippen molar-refractivity contribution in [2.45, 2.75) is 49.5 Å². The SMILES string of the molecule is Cc1cc(-c2cccc(S(C)(=O)=O)c2)c(Cl)cc1C1=C(O)C2(CCN(C(=O)CCCC(=O)O)CC2)OC1=O. The van der Waals surface area contributed by atoms with Crippen LogP contribution in [0.25, 0.3) is 16.7 Å². The lowest BCUT2D eigenvalue weighted by atomic mass is 9.86. The Kier molecular flexibility index (Phi) is 7.58. The summed E-state index contributed by atoms with van der Waals surface area (Å²) in [7, 11) is -3.42. The molecule has 1 saturated heterocycles. The van der Waals surface area contributed by atoms with E-state index in [9.17, 15) is 27.9 Å². The Morgan fingerprint density at radius 3 is 2.42 bits per heavy atom. The Bertz CT molecular complexity index is 1460. The van der Waals surface area contributed by atoms with Gasteiger partial charge in [0.15, 0.2) is 21.2 Å². The minimum absolute atomic E-state index is 0.0158. The monoisotopic (exact) mass is 561 g/mol. The fourth-order valence-electron chi connectivity index (χ4n) is 4.91. The normalized spacial score (nSPS) is 17.1. The molecule has 1 fully saturated rings. The predicted molar refractivity (Wildman–Crippen MR) is 140 cm³/mol. The number of aliphatic hydroxyl groups excluding tert-OH is 1. The Morgan fingerprint density at radius 2 is 1.79 bits per heavy atom. The molecule has 0 saturated carbocycles. The quantitative estimate of drug-likeness (QED) is 0.480. The number of carbonyl (C=O) groups is 3. The van der Waals surface area contributed by atoms with Crippen molar-refractivity contribution in [2.75, 3.05) is 19.3 Å². The van der Waals surface area contributed by atoms with E-state index in [0.717, 1.165) is 6.26 Å². The number of carboxylic acid groups (broad SMARTS) is 1. The van der Waals surface area contributed by atoms with E-state index in [1.165, 1.54) is 12.1 Å². The first-order valence-corrected chi connectivity index (χ1v) is 14.4. The number of nitrogens with zero attached hydrogens (tertiary/aromatic N) is 1.